The molecular formula is C26H22F3N3O2. The van der Waals surface area contributed by atoms with Crippen molar-refractivity contribution in [3.8, 4) is 0 Å². The molecule has 5 nitrogen and oxygen atoms in total. The first-order chi connectivity index (χ1) is 16.1. The Bertz CT molecular complexity index is 1300. The summed E-state index contributed by atoms with van der Waals surface area (Å²) in [6.45, 7) is 1.89. The number of anilines is 3. The molecule has 0 bridgehead atoms. The minimum absolute atomic E-state index is 0.0551. The van der Waals surface area contributed by atoms with Crippen molar-refractivity contribution in [1.29, 1.82) is 0 Å². The fourth-order valence-corrected chi connectivity index (χ4v) is 3.70. The smallest absolute Gasteiger partial charge is 0.378 e. The SMILES string of the molecule is Cc1ccc(C2=C(Nc3cccc(C(F)(F)F)c3)C(=O)N(c3cccc(N(C)C)c3)C2=O)cc1. The average molecular weight is 465 g/mol. The number of alkyl halides is 3. The third-order valence-corrected chi connectivity index (χ3v) is 5.49. The number of amides is 2. The van der Waals surface area contributed by atoms with Crippen molar-refractivity contribution in [2.45, 2.75) is 13.1 Å². The molecule has 2 amide bonds. The lowest BCUT2D eigenvalue weighted by Gasteiger charge is -2.19. The molecule has 174 valence electrons. The second kappa shape index (κ2) is 8.70. The number of nitrogens with zero attached hydrogens (tertiary/aromatic N) is 2. The summed E-state index contributed by atoms with van der Waals surface area (Å²) in [6, 6.07) is 18.5. The summed E-state index contributed by atoms with van der Waals surface area (Å²) < 4.78 is 39.6. The highest BCUT2D eigenvalue weighted by molar-refractivity contribution is 6.46. The summed E-state index contributed by atoms with van der Waals surface area (Å²) in [5.74, 6) is -1.20. The minimum Gasteiger partial charge on any atom is -0.378 e. The second-order valence-electron chi connectivity index (χ2n) is 8.18. The van der Waals surface area contributed by atoms with Crippen LogP contribution in [0.3, 0.4) is 0 Å². The number of rotatable bonds is 5. The van der Waals surface area contributed by atoms with Crippen LogP contribution in [0, 0.1) is 6.92 Å². The number of carbonyl (C=O) groups excluding carboxylic acids is 2. The van der Waals surface area contributed by atoms with Crippen LogP contribution in [0.2, 0.25) is 0 Å². The van der Waals surface area contributed by atoms with Gasteiger partial charge in [0, 0.05) is 25.5 Å². The van der Waals surface area contributed by atoms with E-state index in [2.05, 4.69) is 5.32 Å². The van der Waals surface area contributed by atoms with Gasteiger partial charge in [-0.15, -0.1) is 0 Å². The molecular weight excluding hydrogens is 443 g/mol. The van der Waals surface area contributed by atoms with Crippen molar-refractivity contribution in [2.24, 2.45) is 0 Å². The first-order valence-corrected chi connectivity index (χ1v) is 10.5. The Balaban J connectivity index is 1.81. The lowest BCUT2D eigenvalue weighted by atomic mass is 10.0. The maximum Gasteiger partial charge on any atom is 0.416 e. The fraction of sp³-hybridized carbons (Fsp3) is 0.154. The van der Waals surface area contributed by atoms with Crippen LogP contribution in [0.15, 0.2) is 78.5 Å². The van der Waals surface area contributed by atoms with Crippen LogP contribution in [0.4, 0.5) is 30.2 Å². The normalized spacial score (nSPS) is 14.1. The van der Waals surface area contributed by atoms with Gasteiger partial charge in [-0.3, -0.25) is 9.59 Å². The van der Waals surface area contributed by atoms with Crippen LogP contribution in [0.1, 0.15) is 16.7 Å². The van der Waals surface area contributed by atoms with Crippen LogP contribution in [0.5, 0.6) is 0 Å². The van der Waals surface area contributed by atoms with Gasteiger partial charge in [-0.2, -0.15) is 13.2 Å². The molecule has 3 aromatic rings. The van der Waals surface area contributed by atoms with Crippen LogP contribution in [-0.4, -0.2) is 25.9 Å². The van der Waals surface area contributed by atoms with Crippen LogP contribution in [-0.2, 0) is 15.8 Å². The number of benzene rings is 3. The molecule has 4 rings (SSSR count). The van der Waals surface area contributed by atoms with Crippen molar-refractivity contribution in [3.05, 3.63) is 95.2 Å². The van der Waals surface area contributed by atoms with Crippen molar-refractivity contribution in [3.63, 3.8) is 0 Å². The number of imide groups is 1. The molecule has 0 spiro atoms. The summed E-state index contributed by atoms with van der Waals surface area (Å²) in [6.07, 6.45) is -4.54. The fourth-order valence-electron chi connectivity index (χ4n) is 3.70. The van der Waals surface area contributed by atoms with E-state index < -0.39 is 23.6 Å². The summed E-state index contributed by atoms with van der Waals surface area (Å²) in [5, 5.41) is 2.79. The third-order valence-electron chi connectivity index (χ3n) is 5.49. The maximum atomic E-state index is 13.5. The molecule has 0 saturated heterocycles. The minimum atomic E-state index is -4.54. The second-order valence-corrected chi connectivity index (χ2v) is 8.18. The Kier molecular flexibility index (Phi) is 5.91. The number of nitrogens with one attached hydrogen (secondary N) is 1. The standard InChI is InChI=1S/C26H22F3N3O2/c1-16-10-12-17(13-11-16)22-23(30-19-7-4-6-18(14-19)26(27,28)29)25(34)32(24(22)33)21-9-5-8-20(15-21)31(2)3/h4-15,30H,1-3H3. The van der Waals surface area contributed by atoms with E-state index in [-0.39, 0.29) is 17.0 Å². The van der Waals surface area contributed by atoms with Gasteiger partial charge < -0.3 is 10.2 Å². The molecule has 0 unspecified atom stereocenters. The Hall–Kier alpha value is -4.07. The van der Waals surface area contributed by atoms with Crippen LogP contribution < -0.4 is 15.1 Å². The van der Waals surface area contributed by atoms with E-state index in [0.29, 0.717) is 11.3 Å². The molecule has 1 aliphatic heterocycles. The Labute approximate surface area is 195 Å². The number of hydrogen-bond acceptors (Lipinski definition) is 4. The number of carbonyl (C=O) groups is 2. The molecule has 1 N–H and O–H groups in total. The molecule has 0 fully saturated rings. The van der Waals surface area contributed by atoms with Gasteiger partial charge in [0.25, 0.3) is 11.8 Å². The molecule has 1 heterocycles. The highest BCUT2D eigenvalue weighted by Gasteiger charge is 2.40. The van der Waals surface area contributed by atoms with Gasteiger partial charge >= 0.3 is 6.18 Å². The van der Waals surface area contributed by atoms with E-state index in [1.807, 2.05) is 32.0 Å². The summed E-state index contributed by atoms with van der Waals surface area (Å²) in [4.78, 5) is 29.9. The van der Waals surface area contributed by atoms with Crippen LogP contribution >= 0.6 is 0 Å². The lowest BCUT2D eigenvalue weighted by Crippen LogP contribution is -2.32. The summed E-state index contributed by atoms with van der Waals surface area (Å²) in [7, 11) is 3.67. The van der Waals surface area contributed by atoms with E-state index in [9.17, 15) is 22.8 Å². The Morgan fingerprint density at radius 3 is 2.18 bits per heavy atom. The van der Waals surface area contributed by atoms with E-state index >= 15 is 0 Å². The Morgan fingerprint density at radius 1 is 0.853 bits per heavy atom. The molecule has 0 saturated carbocycles. The largest absolute Gasteiger partial charge is 0.416 e. The Morgan fingerprint density at radius 2 is 1.53 bits per heavy atom. The number of hydrogen-bond donors (Lipinski definition) is 1. The van der Waals surface area contributed by atoms with Crippen molar-refractivity contribution >= 4 is 34.4 Å². The van der Waals surface area contributed by atoms with Gasteiger partial charge in [-0.05, 0) is 48.9 Å². The molecule has 0 atom stereocenters. The van der Waals surface area contributed by atoms with E-state index in [1.54, 1.807) is 42.5 Å². The van der Waals surface area contributed by atoms with Crippen molar-refractivity contribution < 1.29 is 22.8 Å². The number of aryl methyl sites for hydroxylation is 1. The maximum absolute atomic E-state index is 13.5. The molecule has 0 radical (unpaired) electrons. The van der Waals surface area contributed by atoms with Gasteiger partial charge in [-0.25, -0.2) is 4.90 Å². The molecule has 34 heavy (non-hydrogen) atoms. The zero-order valence-electron chi connectivity index (χ0n) is 18.8. The average Bonchev–Trinajstić information content (AvgIpc) is 3.03. The monoisotopic (exact) mass is 465 g/mol. The topological polar surface area (TPSA) is 52.7 Å². The van der Waals surface area contributed by atoms with Gasteiger partial charge in [-0.1, -0.05) is 42.0 Å². The van der Waals surface area contributed by atoms with Gasteiger partial charge in [0.05, 0.1) is 16.8 Å². The zero-order valence-corrected chi connectivity index (χ0v) is 18.8. The predicted molar refractivity (Wildman–Crippen MR) is 126 cm³/mol. The van der Waals surface area contributed by atoms with E-state index in [1.165, 1.54) is 12.1 Å². The summed E-state index contributed by atoms with van der Waals surface area (Å²) in [5.41, 5.74) is 1.82. The van der Waals surface area contributed by atoms with E-state index in [4.69, 9.17) is 0 Å². The summed E-state index contributed by atoms with van der Waals surface area (Å²) >= 11 is 0. The number of halogens is 3. The highest BCUT2D eigenvalue weighted by atomic mass is 19.4. The van der Waals surface area contributed by atoms with Crippen molar-refractivity contribution in [1.82, 2.24) is 0 Å². The molecule has 1 aliphatic rings. The van der Waals surface area contributed by atoms with Gasteiger partial charge in [0.1, 0.15) is 5.70 Å². The third kappa shape index (κ3) is 4.39. The predicted octanol–water partition coefficient (Wildman–Crippen LogP) is 5.48. The first-order valence-electron chi connectivity index (χ1n) is 10.5. The molecule has 8 heteroatoms. The van der Waals surface area contributed by atoms with E-state index in [0.717, 1.165) is 28.3 Å². The van der Waals surface area contributed by atoms with Crippen LogP contribution in [0.25, 0.3) is 5.57 Å². The van der Waals surface area contributed by atoms with Gasteiger partial charge in [0.15, 0.2) is 0 Å². The molecule has 0 aliphatic carbocycles. The lowest BCUT2D eigenvalue weighted by molar-refractivity contribution is -0.137. The molecule has 0 aromatic heterocycles. The highest BCUT2D eigenvalue weighted by Crippen LogP contribution is 2.36. The zero-order chi connectivity index (χ0) is 24.6. The first kappa shape index (κ1) is 23.1. The van der Waals surface area contributed by atoms with Gasteiger partial charge in [0.2, 0.25) is 0 Å². The van der Waals surface area contributed by atoms with Crippen molar-refractivity contribution in [2.75, 3.05) is 29.2 Å². The quantitative estimate of drug-likeness (QED) is 0.508. The molecule has 3 aromatic carbocycles.